The van der Waals surface area contributed by atoms with Crippen molar-refractivity contribution in [2.75, 3.05) is 39.9 Å². The maximum Gasteiger partial charge on any atom is 0.234 e. The van der Waals surface area contributed by atoms with Crippen molar-refractivity contribution in [2.45, 2.75) is 25.8 Å². The van der Waals surface area contributed by atoms with E-state index in [1.807, 2.05) is 6.92 Å². The molecule has 0 spiro atoms. The van der Waals surface area contributed by atoms with E-state index in [9.17, 15) is 4.79 Å². The van der Waals surface area contributed by atoms with Gasteiger partial charge in [0, 0.05) is 20.2 Å². The predicted molar refractivity (Wildman–Crippen MR) is 67.7 cm³/mol. The number of ether oxygens (including phenoxy) is 1. The van der Waals surface area contributed by atoms with E-state index in [2.05, 4.69) is 10.2 Å². The Morgan fingerprint density at radius 3 is 3.06 bits per heavy atom. The smallest absolute Gasteiger partial charge is 0.234 e. The first-order valence-corrected chi connectivity index (χ1v) is 6.38. The molecule has 0 aromatic carbocycles. The second-order valence-electron chi connectivity index (χ2n) is 4.78. The molecular weight excluding hydrogens is 218 g/mol. The minimum Gasteiger partial charge on any atom is -0.383 e. The SMILES string of the molecule is COCCNCC1CCCN(C(C)C(N)=O)C1. The highest BCUT2D eigenvalue weighted by Gasteiger charge is 2.25. The van der Waals surface area contributed by atoms with Crippen molar-refractivity contribution in [1.82, 2.24) is 10.2 Å². The Balaban J connectivity index is 2.26. The van der Waals surface area contributed by atoms with E-state index in [0.29, 0.717) is 5.92 Å². The van der Waals surface area contributed by atoms with Crippen LogP contribution in [0.25, 0.3) is 0 Å². The van der Waals surface area contributed by atoms with Crippen molar-refractivity contribution >= 4 is 5.91 Å². The highest BCUT2D eigenvalue weighted by Crippen LogP contribution is 2.17. The third-order valence-electron chi connectivity index (χ3n) is 3.43. The predicted octanol–water partition coefficient (Wildman–Crippen LogP) is -0.192. The summed E-state index contributed by atoms with van der Waals surface area (Å²) in [4.78, 5) is 13.3. The number of hydrogen-bond donors (Lipinski definition) is 2. The van der Waals surface area contributed by atoms with Crippen LogP contribution < -0.4 is 11.1 Å². The maximum absolute atomic E-state index is 11.2. The van der Waals surface area contributed by atoms with Crippen molar-refractivity contribution < 1.29 is 9.53 Å². The average Bonchev–Trinajstić information content (AvgIpc) is 2.34. The summed E-state index contributed by atoms with van der Waals surface area (Å²) >= 11 is 0. The third kappa shape index (κ3) is 5.02. The fraction of sp³-hybridized carbons (Fsp3) is 0.917. The molecule has 1 heterocycles. The average molecular weight is 243 g/mol. The number of nitrogens with two attached hydrogens (primary N) is 1. The van der Waals surface area contributed by atoms with Gasteiger partial charge in [-0.2, -0.15) is 0 Å². The van der Waals surface area contributed by atoms with Gasteiger partial charge in [-0.25, -0.2) is 0 Å². The lowest BCUT2D eigenvalue weighted by atomic mass is 9.96. The van der Waals surface area contributed by atoms with Crippen LogP contribution in [0.3, 0.4) is 0 Å². The van der Waals surface area contributed by atoms with E-state index >= 15 is 0 Å². The first-order chi connectivity index (χ1) is 8.15. The molecule has 1 aliphatic heterocycles. The van der Waals surface area contributed by atoms with Crippen LogP contribution in [0.1, 0.15) is 19.8 Å². The van der Waals surface area contributed by atoms with Crippen LogP contribution in [0.4, 0.5) is 0 Å². The number of nitrogens with zero attached hydrogens (tertiary/aromatic N) is 1. The van der Waals surface area contributed by atoms with Crippen LogP contribution in [0.5, 0.6) is 0 Å². The van der Waals surface area contributed by atoms with Crippen LogP contribution >= 0.6 is 0 Å². The zero-order chi connectivity index (χ0) is 12.7. The summed E-state index contributed by atoms with van der Waals surface area (Å²) in [6.45, 7) is 6.46. The number of nitrogens with one attached hydrogen (secondary N) is 1. The van der Waals surface area contributed by atoms with E-state index in [0.717, 1.165) is 39.2 Å². The van der Waals surface area contributed by atoms with Gasteiger partial charge < -0.3 is 15.8 Å². The fourth-order valence-electron chi connectivity index (χ4n) is 2.28. The van der Waals surface area contributed by atoms with Gasteiger partial charge in [0.05, 0.1) is 12.6 Å². The monoisotopic (exact) mass is 243 g/mol. The van der Waals surface area contributed by atoms with Gasteiger partial charge in [0.1, 0.15) is 0 Å². The topological polar surface area (TPSA) is 67.6 Å². The number of likely N-dealkylation sites (tertiary alicyclic amines) is 1. The summed E-state index contributed by atoms with van der Waals surface area (Å²) in [5, 5.41) is 3.38. The summed E-state index contributed by atoms with van der Waals surface area (Å²) in [6.07, 6.45) is 2.37. The van der Waals surface area contributed by atoms with E-state index in [-0.39, 0.29) is 11.9 Å². The van der Waals surface area contributed by atoms with Gasteiger partial charge in [-0.3, -0.25) is 9.69 Å². The molecule has 17 heavy (non-hydrogen) atoms. The number of primary amides is 1. The van der Waals surface area contributed by atoms with E-state index in [1.165, 1.54) is 6.42 Å². The van der Waals surface area contributed by atoms with Gasteiger partial charge in [-0.05, 0) is 38.8 Å². The molecule has 0 aromatic heterocycles. The van der Waals surface area contributed by atoms with Crippen molar-refractivity contribution in [3.8, 4) is 0 Å². The van der Waals surface area contributed by atoms with Gasteiger partial charge in [0.15, 0.2) is 0 Å². The summed E-state index contributed by atoms with van der Waals surface area (Å²) in [5.41, 5.74) is 5.34. The molecule has 1 saturated heterocycles. The molecule has 0 aliphatic carbocycles. The number of rotatable bonds is 7. The summed E-state index contributed by atoms with van der Waals surface area (Å²) < 4.78 is 4.99. The van der Waals surface area contributed by atoms with Crippen molar-refractivity contribution in [2.24, 2.45) is 11.7 Å². The van der Waals surface area contributed by atoms with Crippen LogP contribution in [0, 0.1) is 5.92 Å². The molecule has 0 aromatic rings. The molecule has 5 nitrogen and oxygen atoms in total. The second-order valence-corrected chi connectivity index (χ2v) is 4.78. The Labute approximate surface area is 104 Å². The molecule has 1 fully saturated rings. The molecule has 2 atom stereocenters. The van der Waals surface area contributed by atoms with Gasteiger partial charge >= 0.3 is 0 Å². The van der Waals surface area contributed by atoms with Crippen LogP contribution in [0.15, 0.2) is 0 Å². The highest BCUT2D eigenvalue weighted by molar-refractivity contribution is 5.79. The van der Waals surface area contributed by atoms with Gasteiger partial charge in [-0.1, -0.05) is 0 Å². The zero-order valence-electron chi connectivity index (χ0n) is 10.9. The molecular formula is C12H25N3O2. The van der Waals surface area contributed by atoms with E-state index in [4.69, 9.17) is 10.5 Å². The molecule has 0 saturated carbocycles. The Morgan fingerprint density at radius 2 is 2.41 bits per heavy atom. The molecule has 3 N–H and O–H groups in total. The van der Waals surface area contributed by atoms with Crippen LogP contribution in [-0.4, -0.2) is 56.7 Å². The second kappa shape index (κ2) is 7.63. The largest absolute Gasteiger partial charge is 0.383 e. The number of carbonyl (C=O) groups is 1. The molecule has 100 valence electrons. The molecule has 0 bridgehead atoms. The molecule has 1 amide bonds. The maximum atomic E-state index is 11.2. The quantitative estimate of drug-likeness (QED) is 0.608. The van der Waals surface area contributed by atoms with Crippen LogP contribution in [0.2, 0.25) is 0 Å². The number of amides is 1. The lowest BCUT2D eigenvalue weighted by Gasteiger charge is -2.35. The summed E-state index contributed by atoms with van der Waals surface area (Å²) in [7, 11) is 1.71. The molecule has 1 aliphatic rings. The van der Waals surface area contributed by atoms with E-state index < -0.39 is 0 Å². The summed E-state index contributed by atoms with van der Waals surface area (Å²) in [6, 6.07) is -0.142. The van der Waals surface area contributed by atoms with E-state index in [1.54, 1.807) is 7.11 Å². The number of piperidine rings is 1. The lowest BCUT2D eigenvalue weighted by Crippen LogP contribution is -2.49. The number of carbonyl (C=O) groups excluding carboxylic acids is 1. The minimum absolute atomic E-state index is 0.142. The van der Waals surface area contributed by atoms with Gasteiger partial charge in [0.25, 0.3) is 0 Å². The Kier molecular flexibility index (Phi) is 6.47. The normalized spacial score (nSPS) is 23.5. The van der Waals surface area contributed by atoms with Crippen molar-refractivity contribution in [3.63, 3.8) is 0 Å². The molecule has 0 radical (unpaired) electrons. The highest BCUT2D eigenvalue weighted by atomic mass is 16.5. The fourth-order valence-corrected chi connectivity index (χ4v) is 2.28. The molecule has 5 heteroatoms. The lowest BCUT2D eigenvalue weighted by molar-refractivity contribution is -0.123. The Hall–Kier alpha value is -0.650. The zero-order valence-corrected chi connectivity index (χ0v) is 10.9. The standard InChI is InChI=1S/C12H25N3O2/c1-10(12(13)16)15-6-3-4-11(9-15)8-14-5-7-17-2/h10-11,14H,3-9H2,1-2H3,(H2,13,16). The first kappa shape index (κ1) is 14.4. The number of methoxy groups -OCH3 is 1. The molecule has 1 rings (SSSR count). The van der Waals surface area contributed by atoms with Gasteiger partial charge in [-0.15, -0.1) is 0 Å². The minimum atomic E-state index is -0.224. The Bertz CT molecular complexity index is 236. The number of hydrogen-bond acceptors (Lipinski definition) is 4. The Morgan fingerprint density at radius 1 is 1.65 bits per heavy atom. The first-order valence-electron chi connectivity index (χ1n) is 6.38. The molecule has 2 unspecified atom stereocenters. The van der Waals surface area contributed by atoms with Crippen LogP contribution in [-0.2, 0) is 9.53 Å². The van der Waals surface area contributed by atoms with Crippen molar-refractivity contribution in [1.29, 1.82) is 0 Å². The third-order valence-corrected chi connectivity index (χ3v) is 3.43. The summed E-state index contributed by atoms with van der Waals surface area (Å²) in [5.74, 6) is 0.389. The van der Waals surface area contributed by atoms with Crippen molar-refractivity contribution in [3.05, 3.63) is 0 Å². The van der Waals surface area contributed by atoms with Gasteiger partial charge in [0.2, 0.25) is 5.91 Å².